The summed E-state index contributed by atoms with van der Waals surface area (Å²) in [5.41, 5.74) is 1.75. The molecule has 0 saturated heterocycles. The average Bonchev–Trinajstić information content (AvgIpc) is 2.76. The van der Waals surface area contributed by atoms with Crippen molar-refractivity contribution in [1.29, 1.82) is 0 Å². The predicted molar refractivity (Wildman–Crippen MR) is 124 cm³/mol. The summed E-state index contributed by atoms with van der Waals surface area (Å²) < 4.78 is 5.21. The fourth-order valence-corrected chi connectivity index (χ4v) is 3.13. The first kappa shape index (κ1) is 23.5. The fraction of sp³-hybridized carbons (Fsp3) is 0.391. The summed E-state index contributed by atoms with van der Waals surface area (Å²) in [6.07, 6.45) is 0.937. The highest BCUT2D eigenvalue weighted by molar-refractivity contribution is 6.33. The van der Waals surface area contributed by atoms with E-state index < -0.39 is 0 Å². The highest BCUT2D eigenvalue weighted by Gasteiger charge is 2.09. The lowest BCUT2D eigenvalue weighted by Gasteiger charge is -2.14. The Morgan fingerprint density at radius 3 is 2.43 bits per heavy atom. The van der Waals surface area contributed by atoms with Crippen LogP contribution in [0.25, 0.3) is 0 Å². The summed E-state index contributed by atoms with van der Waals surface area (Å²) in [5.74, 6) is 1.82. The number of ether oxygens (including phenoxy) is 1. The summed E-state index contributed by atoms with van der Waals surface area (Å²) in [6, 6.07) is 15.2. The van der Waals surface area contributed by atoms with Gasteiger partial charge in [0.15, 0.2) is 5.96 Å². The predicted octanol–water partition coefficient (Wildman–Crippen LogP) is 3.83. The van der Waals surface area contributed by atoms with Gasteiger partial charge in [0, 0.05) is 26.2 Å². The standard InChI is InChI=1S/C23H31ClN4O2/c1-4-25-23(27-14-13-17(2)18-9-11-19(30-3)12-10-18)28-16-15-26-22(29)20-7-5-6-8-21(20)24/h5-12,17H,4,13-16H2,1-3H3,(H,26,29)(H2,25,27,28). The Morgan fingerprint density at radius 2 is 1.77 bits per heavy atom. The molecule has 0 saturated carbocycles. The Labute approximate surface area is 184 Å². The van der Waals surface area contributed by atoms with Gasteiger partial charge in [0.2, 0.25) is 0 Å². The van der Waals surface area contributed by atoms with Crippen molar-refractivity contribution in [3.8, 4) is 5.75 Å². The second-order valence-corrected chi connectivity index (χ2v) is 7.29. The third kappa shape index (κ3) is 7.59. The van der Waals surface area contributed by atoms with Gasteiger partial charge in [-0.3, -0.25) is 9.79 Å². The molecule has 0 fully saturated rings. The first-order chi connectivity index (χ1) is 14.5. The van der Waals surface area contributed by atoms with E-state index in [1.807, 2.05) is 19.1 Å². The molecule has 2 aromatic rings. The molecule has 0 aliphatic heterocycles. The van der Waals surface area contributed by atoms with Crippen molar-refractivity contribution in [2.45, 2.75) is 26.2 Å². The van der Waals surface area contributed by atoms with Crippen LogP contribution in [0.4, 0.5) is 0 Å². The molecule has 162 valence electrons. The van der Waals surface area contributed by atoms with Gasteiger partial charge in [0.25, 0.3) is 5.91 Å². The Balaban J connectivity index is 1.76. The Morgan fingerprint density at radius 1 is 1.07 bits per heavy atom. The average molecular weight is 431 g/mol. The van der Waals surface area contributed by atoms with Crippen molar-refractivity contribution in [2.75, 3.05) is 33.3 Å². The first-order valence-electron chi connectivity index (χ1n) is 10.2. The number of nitrogens with zero attached hydrogens (tertiary/aromatic N) is 1. The van der Waals surface area contributed by atoms with Gasteiger partial charge in [-0.25, -0.2) is 0 Å². The zero-order valence-electron chi connectivity index (χ0n) is 17.9. The van der Waals surface area contributed by atoms with Crippen molar-refractivity contribution in [2.24, 2.45) is 4.99 Å². The number of carbonyl (C=O) groups excluding carboxylic acids is 1. The molecule has 2 aromatic carbocycles. The molecule has 0 radical (unpaired) electrons. The summed E-state index contributed by atoms with van der Waals surface area (Å²) in [7, 11) is 1.67. The van der Waals surface area contributed by atoms with E-state index in [4.69, 9.17) is 16.3 Å². The Bertz CT molecular complexity index is 824. The molecule has 0 aliphatic rings. The zero-order valence-corrected chi connectivity index (χ0v) is 18.6. The number of amides is 1. The number of halogens is 1. The minimum Gasteiger partial charge on any atom is -0.497 e. The van der Waals surface area contributed by atoms with Gasteiger partial charge in [-0.05, 0) is 49.1 Å². The summed E-state index contributed by atoms with van der Waals surface area (Å²) >= 11 is 6.05. The van der Waals surface area contributed by atoms with Crippen LogP contribution in [0.15, 0.2) is 53.5 Å². The second kappa shape index (κ2) is 12.8. The van der Waals surface area contributed by atoms with Crippen LogP contribution in [0.1, 0.15) is 42.1 Å². The lowest BCUT2D eigenvalue weighted by Crippen LogP contribution is -2.41. The number of carbonyl (C=O) groups is 1. The molecule has 0 aliphatic carbocycles. The summed E-state index contributed by atoms with van der Waals surface area (Å²) in [4.78, 5) is 16.8. The smallest absolute Gasteiger partial charge is 0.252 e. The van der Waals surface area contributed by atoms with Crippen LogP contribution >= 0.6 is 11.6 Å². The van der Waals surface area contributed by atoms with Gasteiger partial charge in [0.05, 0.1) is 17.7 Å². The number of methoxy groups -OCH3 is 1. The van der Waals surface area contributed by atoms with Crippen LogP contribution in [0.5, 0.6) is 5.75 Å². The Kier molecular flexibility index (Phi) is 10.0. The maximum absolute atomic E-state index is 12.2. The molecule has 0 spiro atoms. The fourth-order valence-electron chi connectivity index (χ4n) is 2.91. The van der Waals surface area contributed by atoms with Crippen LogP contribution in [0, 0.1) is 0 Å². The van der Waals surface area contributed by atoms with Crippen molar-refractivity contribution >= 4 is 23.5 Å². The SMILES string of the molecule is CCNC(=NCCC(C)c1ccc(OC)cc1)NCCNC(=O)c1ccccc1Cl. The highest BCUT2D eigenvalue weighted by Crippen LogP contribution is 2.21. The van der Waals surface area contributed by atoms with Crippen molar-refractivity contribution in [1.82, 2.24) is 16.0 Å². The number of aliphatic imine (C=N–C) groups is 1. The van der Waals surface area contributed by atoms with Gasteiger partial charge in [0.1, 0.15) is 5.75 Å². The normalized spacial score (nSPS) is 12.2. The van der Waals surface area contributed by atoms with E-state index in [1.165, 1.54) is 5.56 Å². The molecule has 0 heterocycles. The lowest BCUT2D eigenvalue weighted by molar-refractivity contribution is 0.0954. The van der Waals surface area contributed by atoms with Gasteiger partial charge in [-0.15, -0.1) is 0 Å². The third-order valence-electron chi connectivity index (χ3n) is 4.68. The van der Waals surface area contributed by atoms with E-state index in [0.717, 1.165) is 24.7 Å². The lowest BCUT2D eigenvalue weighted by atomic mass is 9.98. The number of benzene rings is 2. The molecule has 0 bridgehead atoms. The molecule has 0 aromatic heterocycles. The molecule has 1 amide bonds. The summed E-state index contributed by atoms with van der Waals surface area (Å²) in [6.45, 7) is 6.73. The quantitative estimate of drug-likeness (QED) is 0.304. The number of rotatable bonds is 10. The topological polar surface area (TPSA) is 74.8 Å². The van der Waals surface area contributed by atoms with Crippen LogP contribution in [-0.2, 0) is 0 Å². The molecule has 6 nitrogen and oxygen atoms in total. The molecule has 7 heteroatoms. The van der Waals surface area contributed by atoms with Gasteiger partial charge in [-0.1, -0.05) is 42.8 Å². The van der Waals surface area contributed by atoms with E-state index >= 15 is 0 Å². The minimum absolute atomic E-state index is 0.183. The summed E-state index contributed by atoms with van der Waals surface area (Å²) in [5, 5.41) is 9.79. The third-order valence-corrected chi connectivity index (χ3v) is 5.01. The molecule has 30 heavy (non-hydrogen) atoms. The molecule has 2 rings (SSSR count). The molecule has 3 N–H and O–H groups in total. The molecular weight excluding hydrogens is 400 g/mol. The second-order valence-electron chi connectivity index (χ2n) is 6.89. The number of nitrogens with one attached hydrogen (secondary N) is 3. The van der Waals surface area contributed by atoms with Crippen molar-refractivity contribution in [3.63, 3.8) is 0 Å². The minimum atomic E-state index is -0.183. The van der Waals surface area contributed by atoms with Crippen molar-refractivity contribution < 1.29 is 9.53 Å². The van der Waals surface area contributed by atoms with Gasteiger partial charge < -0.3 is 20.7 Å². The van der Waals surface area contributed by atoms with E-state index in [9.17, 15) is 4.79 Å². The van der Waals surface area contributed by atoms with Crippen LogP contribution < -0.4 is 20.7 Å². The van der Waals surface area contributed by atoms with E-state index in [0.29, 0.717) is 36.1 Å². The molecule has 1 unspecified atom stereocenters. The number of guanidine groups is 1. The first-order valence-corrected chi connectivity index (χ1v) is 10.6. The van der Waals surface area contributed by atoms with Gasteiger partial charge >= 0.3 is 0 Å². The number of hydrogen-bond donors (Lipinski definition) is 3. The maximum Gasteiger partial charge on any atom is 0.252 e. The van der Waals surface area contributed by atoms with E-state index in [2.05, 4.69) is 40.0 Å². The zero-order chi connectivity index (χ0) is 21.8. The van der Waals surface area contributed by atoms with Gasteiger partial charge in [-0.2, -0.15) is 0 Å². The van der Waals surface area contributed by atoms with Crippen LogP contribution in [0.2, 0.25) is 5.02 Å². The maximum atomic E-state index is 12.2. The van der Waals surface area contributed by atoms with Crippen LogP contribution in [-0.4, -0.2) is 45.2 Å². The highest BCUT2D eigenvalue weighted by atomic mass is 35.5. The monoisotopic (exact) mass is 430 g/mol. The largest absolute Gasteiger partial charge is 0.497 e. The Hall–Kier alpha value is -2.73. The van der Waals surface area contributed by atoms with E-state index in [1.54, 1.807) is 31.4 Å². The number of hydrogen-bond acceptors (Lipinski definition) is 3. The van der Waals surface area contributed by atoms with Crippen molar-refractivity contribution in [3.05, 3.63) is 64.7 Å². The molecule has 1 atom stereocenters. The molecular formula is C23H31ClN4O2. The van der Waals surface area contributed by atoms with E-state index in [-0.39, 0.29) is 5.91 Å². The van der Waals surface area contributed by atoms with Crippen LogP contribution in [0.3, 0.4) is 0 Å².